The Kier molecular flexibility index (Phi) is 4.81. The fraction of sp³-hybridized carbons (Fsp3) is 0.294. The second-order valence-electron chi connectivity index (χ2n) is 5.23. The number of methoxy groups -OCH3 is 2. The SMILES string of the molecule is COCCn1c(C)nnc1-c1cc(-c2ccnc(OC)c2)ccn1. The van der Waals surface area contributed by atoms with E-state index in [9.17, 15) is 0 Å². The molecule has 0 unspecified atom stereocenters. The average molecular weight is 325 g/mol. The molecule has 0 atom stereocenters. The topological polar surface area (TPSA) is 75.0 Å². The van der Waals surface area contributed by atoms with Crippen molar-refractivity contribution in [2.24, 2.45) is 0 Å². The molecule has 0 fully saturated rings. The number of rotatable bonds is 6. The van der Waals surface area contributed by atoms with Crippen LogP contribution in [-0.2, 0) is 11.3 Å². The van der Waals surface area contributed by atoms with Crippen LogP contribution in [0.1, 0.15) is 5.82 Å². The average Bonchev–Trinajstić information content (AvgIpc) is 3.00. The molecule has 24 heavy (non-hydrogen) atoms. The number of aryl methyl sites for hydroxylation is 1. The molecule has 0 aliphatic carbocycles. The standard InChI is InChI=1S/C17H19N5O2/c1-12-20-21-17(22(12)8-9-23-2)15-10-13(4-6-18-15)14-5-7-19-16(11-14)24-3/h4-7,10-11H,8-9H2,1-3H3. The van der Waals surface area contributed by atoms with Gasteiger partial charge in [0.15, 0.2) is 5.82 Å². The van der Waals surface area contributed by atoms with E-state index in [-0.39, 0.29) is 0 Å². The molecule has 0 aliphatic heterocycles. The van der Waals surface area contributed by atoms with E-state index in [4.69, 9.17) is 9.47 Å². The van der Waals surface area contributed by atoms with E-state index < -0.39 is 0 Å². The van der Waals surface area contributed by atoms with Gasteiger partial charge in [-0.2, -0.15) is 0 Å². The summed E-state index contributed by atoms with van der Waals surface area (Å²) in [5.74, 6) is 2.14. The minimum atomic E-state index is 0.574. The summed E-state index contributed by atoms with van der Waals surface area (Å²) in [6.45, 7) is 3.19. The molecule has 3 aromatic heterocycles. The first-order valence-electron chi connectivity index (χ1n) is 7.58. The summed E-state index contributed by atoms with van der Waals surface area (Å²) in [6.07, 6.45) is 3.49. The maximum Gasteiger partial charge on any atom is 0.213 e. The number of hydrogen-bond acceptors (Lipinski definition) is 6. The molecule has 7 nitrogen and oxygen atoms in total. The second kappa shape index (κ2) is 7.18. The van der Waals surface area contributed by atoms with Gasteiger partial charge in [0.25, 0.3) is 0 Å². The van der Waals surface area contributed by atoms with Crippen LogP contribution in [0.4, 0.5) is 0 Å². The monoisotopic (exact) mass is 325 g/mol. The molecular weight excluding hydrogens is 306 g/mol. The summed E-state index contributed by atoms with van der Waals surface area (Å²) < 4.78 is 12.4. The second-order valence-corrected chi connectivity index (χ2v) is 5.23. The highest BCUT2D eigenvalue weighted by Gasteiger charge is 2.13. The summed E-state index contributed by atoms with van der Waals surface area (Å²) >= 11 is 0. The zero-order valence-electron chi connectivity index (χ0n) is 13.9. The summed E-state index contributed by atoms with van der Waals surface area (Å²) in [5, 5.41) is 8.43. The number of ether oxygens (including phenoxy) is 2. The van der Waals surface area contributed by atoms with Gasteiger partial charge >= 0.3 is 0 Å². The third kappa shape index (κ3) is 3.26. The van der Waals surface area contributed by atoms with Crippen LogP contribution >= 0.6 is 0 Å². The van der Waals surface area contributed by atoms with E-state index in [0.717, 1.165) is 28.5 Å². The first-order chi connectivity index (χ1) is 11.7. The van der Waals surface area contributed by atoms with Crippen molar-refractivity contribution in [3.8, 4) is 28.5 Å². The van der Waals surface area contributed by atoms with Crippen molar-refractivity contribution in [3.05, 3.63) is 42.5 Å². The molecule has 7 heteroatoms. The molecule has 0 bridgehead atoms. The van der Waals surface area contributed by atoms with Gasteiger partial charge in [-0.25, -0.2) is 4.98 Å². The van der Waals surface area contributed by atoms with Gasteiger partial charge in [-0.15, -0.1) is 10.2 Å². The van der Waals surface area contributed by atoms with E-state index in [1.165, 1.54) is 0 Å². The minimum absolute atomic E-state index is 0.574. The quantitative estimate of drug-likeness (QED) is 0.692. The lowest BCUT2D eigenvalue weighted by Gasteiger charge is -2.09. The molecule has 3 rings (SSSR count). The zero-order valence-corrected chi connectivity index (χ0v) is 13.9. The molecule has 0 spiro atoms. The first kappa shape index (κ1) is 16.1. The van der Waals surface area contributed by atoms with Crippen molar-refractivity contribution >= 4 is 0 Å². The van der Waals surface area contributed by atoms with E-state index in [0.29, 0.717) is 19.0 Å². The van der Waals surface area contributed by atoms with Crippen molar-refractivity contribution in [1.29, 1.82) is 0 Å². The van der Waals surface area contributed by atoms with Gasteiger partial charge in [0.05, 0.1) is 13.7 Å². The lowest BCUT2D eigenvalue weighted by Crippen LogP contribution is -2.08. The molecule has 0 amide bonds. The van der Waals surface area contributed by atoms with E-state index >= 15 is 0 Å². The molecule has 3 heterocycles. The fourth-order valence-electron chi connectivity index (χ4n) is 2.45. The Morgan fingerprint density at radius 3 is 2.50 bits per heavy atom. The lowest BCUT2D eigenvalue weighted by molar-refractivity contribution is 0.187. The highest BCUT2D eigenvalue weighted by Crippen LogP contribution is 2.25. The third-order valence-electron chi connectivity index (χ3n) is 3.72. The van der Waals surface area contributed by atoms with Gasteiger partial charge in [0.1, 0.15) is 11.5 Å². The molecule has 3 aromatic rings. The number of aromatic nitrogens is 5. The summed E-state index contributed by atoms with van der Waals surface area (Å²) in [5.41, 5.74) is 2.78. The Bertz CT molecular complexity index is 831. The Labute approximate surface area is 140 Å². The van der Waals surface area contributed by atoms with Crippen molar-refractivity contribution in [2.75, 3.05) is 20.8 Å². The Balaban J connectivity index is 1.99. The van der Waals surface area contributed by atoms with Crippen LogP contribution in [0.2, 0.25) is 0 Å². The van der Waals surface area contributed by atoms with Gasteiger partial charge in [-0.1, -0.05) is 0 Å². The largest absolute Gasteiger partial charge is 0.481 e. The first-order valence-corrected chi connectivity index (χ1v) is 7.58. The molecule has 0 aromatic carbocycles. The van der Waals surface area contributed by atoms with E-state index in [2.05, 4.69) is 20.2 Å². The van der Waals surface area contributed by atoms with Gasteiger partial charge in [0.2, 0.25) is 5.88 Å². The predicted octanol–water partition coefficient (Wildman–Crippen LogP) is 2.37. The molecule has 0 radical (unpaired) electrons. The van der Waals surface area contributed by atoms with Crippen molar-refractivity contribution < 1.29 is 9.47 Å². The van der Waals surface area contributed by atoms with Crippen LogP contribution in [0, 0.1) is 6.92 Å². The van der Waals surface area contributed by atoms with Crippen LogP contribution in [0.3, 0.4) is 0 Å². The molecule has 124 valence electrons. The van der Waals surface area contributed by atoms with Crippen LogP contribution in [0.15, 0.2) is 36.7 Å². The van der Waals surface area contributed by atoms with Gasteiger partial charge in [-0.05, 0) is 36.2 Å². The van der Waals surface area contributed by atoms with Crippen molar-refractivity contribution in [2.45, 2.75) is 13.5 Å². The molecule has 0 saturated heterocycles. The normalized spacial score (nSPS) is 10.8. The Morgan fingerprint density at radius 2 is 1.75 bits per heavy atom. The predicted molar refractivity (Wildman–Crippen MR) is 89.6 cm³/mol. The van der Waals surface area contributed by atoms with Gasteiger partial charge in [-0.3, -0.25) is 4.98 Å². The van der Waals surface area contributed by atoms with Crippen molar-refractivity contribution in [1.82, 2.24) is 24.7 Å². The maximum absolute atomic E-state index is 5.19. The highest BCUT2D eigenvalue weighted by atomic mass is 16.5. The highest BCUT2D eigenvalue weighted by molar-refractivity contribution is 5.68. The van der Waals surface area contributed by atoms with Gasteiger partial charge in [0, 0.05) is 32.1 Å². The van der Waals surface area contributed by atoms with Crippen LogP contribution in [0.5, 0.6) is 5.88 Å². The number of nitrogens with zero attached hydrogens (tertiary/aromatic N) is 5. The van der Waals surface area contributed by atoms with Crippen LogP contribution < -0.4 is 4.74 Å². The Morgan fingerprint density at radius 1 is 1.00 bits per heavy atom. The summed E-state index contributed by atoms with van der Waals surface area (Å²) in [4.78, 5) is 8.59. The molecule has 0 saturated carbocycles. The summed E-state index contributed by atoms with van der Waals surface area (Å²) in [6, 6.07) is 7.76. The third-order valence-corrected chi connectivity index (χ3v) is 3.72. The number of pyridine rings is 2. The lowest BCUT2D eigenvalue weighted by atomic mass is 10.1. The van der Waals surface area contributed by atoms with Gasteiger partial charge < -0.3 is 14.0 Å². The maximum atomic E-state index is 5.19. The van der Waals surface area contributed by atoms with E-state index in [1.54, 1.807) is 26.6 Å². The molecular formula is C17H19N5O2. The van der Waals surface area contributed by atoms with E-state index in [1.807, 2.05) is 35.8 Å². The van der Waals surface area contributed by atoms with Crippen LogP contribution in [0.25, 0.3) is 22.6 Å². The minimum Gasteiger partial charge on any atom is -0.481 e. The smallest absolute Gasteiger partial charge is 0.213 e. The molecule has 0 N–H and O–H groups in total. The summed E-state index contributed by atoms with van der Waals surface area (Å²) in [7, 11) is 3.28. The fourth-order valence-corrected chi connectivity index (χ4v) is 2.45. The van der Waals surface area contributed by atoms with Crippen molar-refractivity contribution in [3.63, 3.8) is 0 Å². The Hall–Kier alpha value is -2.80. The molecule has 0 aliphatic rings. The zero-order chi connectivity index (χ0) is 16.9. The number of hydrogen-bond donors (Lipinski definition) is 0. The van der Waals surface area contributed by atoms with Crippen LogP contribution in [-0.4, -0.2) is 45.6 Å².